The zero-order valence-electron chi connectivity index (χ0n) is 24.4. The van der Waals surface area contributed by atoms with Crippen LogP contribution < -0.4 is 0 Å². The molecule has 220 valence electrons. The first-order chi connectivity index (χ1) is 20.1. The Morgan fingerprint density at radius 1 is 0.667 bits per heavy atom. The van der Waals surface area contributed by atoms with E-state index in [1.807, 2.05) is 41.9 Å². The van der Waals surface area contributed by atoms with E-state index in [1.54, 1.807) is 5.56 Å². The average molecular weight is 702 g/mol. The Bertz CT molecular complexity index is 1580. The second kappa shape index (κ2) is 15.4. The number of hydrogen-bond donors (Lipinski definition) is 0. The molecule has 1 aliphatic carbocycles. The van der Waals surface area contributed by atoms with Crippen LogP contribution in [0.15, 0.2) is 97.3 Å². The van der Waals surface area contributed by atoms with Crippen molar-refractivity contribution in [2.45, 2.75) is 57.8 Å². The minimum atomic E-state index is -0.346. The number of unbranched alkanes of at least 4 members (excludes halogenated alkanes) is 2. The Labute approximate surface area is 271 Å². The number of nitrogens with zero attached hydrogens (tertiary/aromatic N) is 2. The molecule has 0 unspecified atom stereocenters. The van der Waals surface area contributed by atoms with Gasteiger partial charge in [0.15, 0.2) is 0 Å². The second-order valence-corrected chi connectivity index (χ2v) is 14.2. The van der Waals surface area contributed by atoms with Crippen molar-refractivity contribution in [2.24, 2.45) is 0 Å². The molecule has 0 saturated heterocycles. The van der Waals surface area contributed by atoms with Gasteiger partial charge in [0.25, 0.3) is 0 Å². The summed E-state index contributed by atoms with van der Waals surface area (Å²) in [7, 11) is 9.71. The molecule has 5 aromatic rings. The first-order valence-electron chi connectivity index (χ1n) is 14.2. The van der Waals surface area contributed by atoms with E-state index in [0.29, 0.717) is 0 Å². The van der Waals surface area contributed by atoms with Crippen LogP contribution in [-0.2, 0) is 20.6 Å². The van der Waals surface area contributed by atoms with Crippen LogP contribution in [0.5, 0.6) is 0 Å². The summed E-state index contributed by atoms with van der Waals surface area (Å²) in [6.45, 7) is 4.63. The quantitative estimate of drug-likeness (QED) is 0.113. The molecule has 2 nitrogen and oxygen atoms in total. The number of thiophene rings is 1. The molecular weight excluding hydrogens is 664 g/mol. The fraction of sp³-hybridized carbons (Fsp3) is 0.250. The van der Waals surface area contributed by atoms with E-state index in [4.69, 9.17) is 19.4 Å². The van der Waals surface area contributed by atoms with E-state index in [2.05, 4.69) is 90.5 Å². The van der Waals surface area contributed by atoms with Crippen molar-refractivity contribution < 1.29 is 15.1 Å². The Hall–Kier alpha value is -2.36. The van der Waals surface area contributed by atoms with Crippen LogP contribution in [0.4, 0.5) is 0 Å². The first-order valence-corrected chi connectivity index (χ1v) is 19.5. The van der Waals surface area contributed by atoms with Gasteiger partial charge in [-0.25, -0.2) is 0 Å². The summed E-state index contributed by atoms with van der Waals surface area (Å²) < 4.78 is 0. The van der Waals surface area contributed by atoms with Gasteiger partial charge in [0.2, 0.25) is 0 Å². The molecule has 3 aromatic heterocycles. The van der Waals surface area contributed by atoms with Crippen LogP contribution >= 0.6 is 30.7 Å². The van der Waals surface area contributed by atoms with Gasteiger partial charge in [-0.1, -0.05) is 82.0 Å². The summed E-state index contributed by atoms with van der Waals surface area (Å²) in [5, 5.41) is 0. The zero-order valence-corrected chi connectivity index (χ0v) is 28.5. The van der Waals surface area contributed by atoms with Crippen LogP contribution in [0.1, 0.15) is 63.5 Å². The molecule has 6 heteroatoms. The summed E-state index contributed by atoms with van der Waals surface area (Å²) in [6.07, 6.45) is 11.1. The van der Waals surface area contributed by atoms with E-state index >= 15 is 0 Å². The summed E-state index contributed by atoms with van der Waals surface area (Å²) in [6, 6.07) is 31.1. The Morgan fingerprint density at radius 2 is 1.29 bits per heavy atom. The van der Waals surface area contributed by atoms with Crippen molar-refractivity contribution in [2.75, 3.05) is 0 Å². The Morgan fingerprint density at radius 3 is 1.95 bits per heavy atom. The molecule has 0 amide bonds. The van der Waals surface area contributed by atoms with Gasteiger partial charge in [-0.3, -0.25) is 9.97 Å². The van der Waals surface area contributed by atoms with Gasteiger partial charge < -0.3 is 7.43 Å². The number of rotatable bonds is 9. The fourth-order valence-corrected chi connectivity index (χ4v) is 7.11. The van der Waals surface area contributed by atoms with Gasteiger partial charge in [0, 0.05) is 27.6 Å². The van der Waals surface area contributed by atoms with Gasteiger partial charge in [0.1, 0.15) is 0 Å². The molecule has 0 saturated carbocycles. The number of hydrogen-bond acceptors (Lipinski definition) is 3. The molecule has 3 heterocycles. The third-order valence-corrected chi connectivity index (χ3v) is 9.23. The minimum absolute atomic E-state index is 0. The number of aromatic nitrogens is 2. The summed E-state index contributed by atoms with van der Waals surface area (Å²) in [5.41, 5.74) is 10.4. The SMILES string of the molecule is CCCCC1(CCCC)c2ccccc2-c2ccc(-c3ccc(-c4ccnc(-c5ccccn5)c4)s3)cc21.[CH3-].[Cl][Ru][Cl]. The number of fused-ring (bicyclic) bond motifs is 3. The van der Waals surface area contributed by atoms with Crippen LogP contribution in [0.25, 0.3) is 43.4 Å². The molecular formula is C36H37Cl2N2RuS-. The Balaban J connectivity index is 0.000000972. The number of benzene rings is 2. The van der Waals surface area contributed by atoms with Crippen molar-refractivity contribution in [1.82, 2.24) is 9.97 Å². The maximum atomic E-state index is 4.85. The molecule has 0 aliphatic heterocycles. The van der Waals surface area contributed by atoms with E-state index in [0.717, 1.165) is 11.4 Å². The topological polar surface area (TPSA) is 25.8 Å². The number of halogens is 2. The van der Waals surface area contributed by atoms with Gasteiger partial charge in [-0.2, -0.15) is 0 Å². The summed E-state index contributed by atoms with van der Waals surface area (Å²) in [4.78, 5) is 11.6. The van der Waals surface area contributed by atoms with Crippen LogP contribution in [0, 0.1) is 7.43 Å². The predicted molar refractivity (Wildman–Crippen MR) is 180 cm³/mol. The molecule has 0 bridgehead atoms. The van der Waals surface area contributed by atoms with Gasteiger partial charge >= 0.3 is 34.5 Å². The Kier molecular flexibility index (Phi) is 11.9. The number of pyridine rings is 2. The third-order valence-electron chi connectivity index (χ3n) is 8.04. The van der Waals surface area contributed by atoms with Gasteiger partial charge in [0.05, 0.1) is 11.4 Å². The van der Waals surface area contributed by atoms with Crippen molar-refractivity contribution in [3.63, 3.8) is 0 Å². The first kappa shape index (κ1) is 32.6. The van der Waals surface area contributed by atoms with Gasteiger partial charge in [-0.15, -0.1) is 11.3 Å². The normalized spacial score (nSPS) is 12.6. The van der Waals surface area contributed by atoms with E-state index < -0.39 is 0 Å². The van der Waals surface area contributed by atoms with Crippen molar-refractivity contribution in [1.29, 1.82) is 0 Å². The summed E-state index contributed by atoms with van der Waals surface area (Å²) >= 11 is 1.51. The van der Waals surface area contributed by atoms with Crippen LogP contribution in [0.2, 0.25) is 0 Å². The fourth-order valence-electron chi connectivity index (χ4n) is 6.12. The predicted octanol–water partition coefficient (Wildman–Crippen LogP) is 12.0. The monoisotopic (exact) mass is 701 g/mol. The second-order valence-electron chi connectivity index (χ2n) is 10.5. The molecule has 6 rings (SSSR count). The molecule has 2 aromatic carbocycles. The standard InChI is InChI=1S/C35H34N2S.CH3.2ClH.Ru/c1-3-5-19-35(20-6-4-2)29-12-8-7-11-27(29)28-15-14-25(23-30(28)35)33-16-17-34(38-33)26-18-22-37-32(24-26)31-13-9-10-21-36-31;;;;/h7-18,21-24H,3-6,19-20H2,1-2H3;1H3;2*1H;/q;-1;;;+2/p-2. The molecule has 0 spiro atoms. The van der Waals surface area contributed by atoms with E-state index in [1.165, 1.54) is 76.1 Å². The van der Waals surface area contributed by atoms with Crippen molar-refractivity contribution in [3.05, 3.63) is 116 Å². The van der Waals surface area contributed by atoms with E-state index in [9.17, 15) is 0 Å². The van der Waals surface area contributed by atoms with Crippen molar-refractivity contribution in [3.8, 4) is 43.4 Å². The molecule has 0 N–H and O–H groups in total. The van der Waals surface area contributed by atoms with Crippen molar-refractivity contribution >= 4 is 30.7 Å². The molecule has 0 atom stereocenters. The molecule has 0 radical (unpaired) electrons. The summed E-state index contributed by atoms with van der Waals surface area (Å²) in [5.74, 6) is 0. The average Bonchev–Trinajstić information content (AvgIpc) is 3.62. The molecule has 42 heavy (non-hydrogen) atoms. The van der Waals surface area contributed by atoms with E-state index in [-0.39, 0.29) is 28.0 Å². The maximum absolute atomic E-state index is 4.85. The molecule has 1 aliphatic rings. The van der Waals surface area contributed by atoms with Crippen LogP contribution in [-0.4, -0.2) is 9.97 Å². The molecule has 0 fully saturated rings. The van der Waals surface area contributed by atoms with Crippen LogP contribution in [0.3, 0.4) is 0 Å². The zero-order chi connectivity index (χ0) is 28.7. The third kappa shape index (κ3) is 6.73. The van der Waals surface area contributed by atoms with Gasteiger partial charge in [-0.05, 0) is 88.7 Å².